The number of carbonyl (C=O) groups is 2. The van der Waals surface area contributed by atoms with Gasteiger partial charge in [-0.05, 0) is 43.7 Å². The molecule has 2 rings (SSSR count). The van der Waals surface area contributed by atoms with E-state index in [1.54, 1.807) is 27.8 Å². The van der Waals surface area contributed by atoms with Crippen molar-refractivity contribution in [2.24, 2.45) is 5.92 Å². The summed E-state index contributed by atoms with van der Waals surface area (Å²) in [7, 11) is 2.88. The van der Waals surface area contributed by atoms with E-state index in [-0.39, 0.29) is 28.2 Å². The van der Waals surface area contributed by atoms with E-state index in [1.807, 2.05) is 0 Å². The number of nitrogens with one attached hydrogen (secondary N) is 1. The number of likely N-dealkylation sites (N-methyl/N-ethyl adjacent to an activating group) is 1. The van der Waals surface area contributed by atoms with E-state index in [2.05, 4.69) is 21.2 Å². The lowest BCUT2D eigenvalue weighted by Gasteiger charge is -2.21. The third-order valence-electron chi connectivity index (χ3n) is 4.10. The van der Waals surface area contributed by atoms with Crippen LogP contribution >= 0.6 is 27.7 Å². The van der Waals surface area contributed by atoms with Crippen molar-refractivity contribution in [3.63, 3.8) is 0 Å². The molecule has 1 N–H and O–H groups in total. The topological polar surface area (TPSA) is 109 Å². The van der Waals surface area contributed by atoms with Crippen molar-refractivity contribution in [2.45, 2.75) is 50.4 Å². The van der Waals surface area contributed by atoms with Gasteiger partial charge in [0.2, 0.25) is 0 Å². The van der Waals surface area contributed by atoms with E-state index < -0.39 is 40.6 Å². The lowest BCUT2D eigenvalue weighted by molar-refractivity contribution is -0.160. The van der Waals surface area contributed by atoms with Gasteiger partial charge in [0.15, 0.2) is 0 Å². The van der Waals surface area contributed by atoms with Crippen molar-refractivity contribution in [1.29, 1.82) is 0 Å². The molecule has 1 aromatic heterocycles. The largest absolute Gasteiger partial charge is 0.468 e. The summed E-state index contributed by atoms with van der Waals surface area (Å²) in [4.78, 5) is 49.8. The number of hydrogen-bond acceptors (Lipinski definition) is 8. The maximum absolute atomic E-state index is 12.9. The molecule has 1 aliphatic rings. The van der Waals surface area contributed by atoms with Crippen LogP contribution < -0.4 is 16.4 Å². The first kappa shape index (κ1) is 22.7. The Labute approximate surface area is 174 Å². The zero-order valence-electron chi connectivity index (χ0n) is 16.4. The van der Waals surface area contributed by atoms with Gasteiger partial charge in [0.25, 0.3) is 11.1 Å². The SMILES string of the molecule is CN[C@@H](CSc1c(Br)c(=O)n2n(c1=O)CC(C(=O)OC(C)(C)C)C2)C(=O)OC. The molecule has 0 aromatic carbocycles. The number of ether oxygens (including phenoxy) is 2. The zero-order chi connectivity index (χ0) is 21.2. The molecular formula is C17H24BrN3O6S. The molecule has 0 fully saturated rings. The molecule has 1 unspecified atom stereocenters. The van der Waals surface area contributed by atoms with E-state index in [1.165, 1.54) is 16.5 Å². The molecule has 28 heavy (non-hydrogen) atoms. The van der Waals surface area contributed by atoms with Gasteiger partial charge >= 0.3 is 11.9 Å². The second-order valence-electron chi connectivity index (χ2n) is 7.32. The van der Waals surface area contributed by atoms with Crippen LogP contribution in [0.15, 0.2) is 19.0 Å². The fourth-order valence-corrected chi connectivity index (χ4v) is 4.51. The van der Waals surface area contributed by atoms with E-state index in [4.69, 9.17) is 9.47 Å². The molecule has 9 nitrogen and oxygen atoms in total. The quantitative estimate of drug-likeness (QED) is 0.468. The first-order valence-electron chi connectivity index (χ1n) is 8.64. The highest BCUT2D eigenvalue weighted by atomic mass is 79.9. The zero-order valence-corrected chi connectivity index (χ0v) is 18.8. The van der Waals surface area contributed by atoms with Crippen LogP contribution in [0.2, 0.25) is 0 Å². The number of halogens is 1. The van der Waals surface area contributed by atoms with Gasteiger partial charge in [0.05, 0.1) is 31.0 Å². The highest BCUT2D eigenvalue weighted by Crippen LogP contribution is 2.24. The van der Waals surface area contributed by atoms with Crippen molar-refractivity contribution in [3.8, 4) is 0 Å². The Morgan fingerprint density at radius 1 is 1.25 bits per heavy atom. The molecule has 0 bridgehead atoms. The molecule has 0 amide bonds. The predicted octanol–water partition coefficient (Wildman–Crippen LogP) is 0.597. The van der Waals surface area contributed by atoms with Gasteiger partial charge in [-0.3, -0.25) is 19.2 Å². The Bertz CT molecular complexity index is 889. The predicted molar refractivity (Wildman–Crippen MR) is 108 cm³/mol. The van der Waals surface area contributed by atoms with Crippen LogP contribution in [0.5, 0.6) is 0 Å². The van der Waals surface area contributed by atoms with Gasteiger partial charge < -0.3 is 14.8 Å². The second kappa shape index (κ2) is 8.83. The van der Waals surface area contributed by atoms with Crippen molar-refractivity contribution < 1.29 is 19.1 Å². The summed E-state index contributed by atoms with van der Waals surface area (Å²) in [6.45, 7) is 5.42. The van der Waals surface area contributed by atoms with Crippen LogP contribution in [0, 0.1) is 5.92 Å². The van der Waals surface area contributed by atoms with E-state index in [0.29, 0.717) is 0 Å². The number of esters is 2. The molecule has 0 aliphatic carbocycles. The van der Waals surface area contributed by atoms with Crippen molar-refractivity contribution in [3.05, 3.63) is 25.2 Å². The van der Waals surface area contributed by atoms with Crippen LogP contribution in [-0.2, 0) is 32.2 Å². The number of hydrogen-bond donors (Lipinski definition) is 1. The van der Waals surface area contributed by atoms with Gasteiger partial charge in [-0.25, -0.2) is 9.36 Å². The van der Waals surface area contributed by atoms with Gasteiger partial charge in [-0.15, -0.1) is 11.8 Å². The molecular weight excluding hydrogens is 454 g/mol. The molecule has 11 heteroatoms. The second-order valence-corrected chi connectivity index (χ2v) is 9.15. The molecule has 0 spiro atoms. The van der Waals surface area contributed by atoms with Crippen LogP contribution in [-0.4, -0.2) is 52.9 Å². The Morgan fingerprint density at radius 2 is 1.82 bits per heavy atom. The molecule has 0 saturated carbocycles. The first-order valence-corrected chi connectivity index (χ1v) is 10.4. The van der Waals surface area contributed by atoms with Gasteiger partial charge in [-0.1, -0.05) is 0 Å². The maximum atomic E-state index is 12.9. The molecule has 0 saturated heterocycles. The van der Waals surface area contributed by atoms with Crippen molar-refractivity contribution >= 4 is 39.6 Å². The fourth-order valence-electron chi connectivity index (χ4n) is 2.72. The van der Waals surface area contributed by atoms with Crippen LogP contribution in [0.25, 0.3) is 0 Å². The van der Waals surface area contributed by atoms with E-state index >= 15 is 0 Å². The maximum Gasteiger partial charge on any atom is 0.323 e. The number of nitrogens with zero attached hydrogens (tertiary/aromatic N) is 2. The highest BCUT2D eigenvalue weighted by Gasteiger charge is 2.34. The molecule has 2 heterocycles. The lowest BCUT2D eigenvalue weighted by atomic mass is 10.1. The lowest BCUT2D eigenvalue weighted by Crippen LogP contribution is -2.39. The minimum Gasteiger partial charge on any atom is -0.468 e. The van der Waals surface area contributed by atoms with E-state index in [0.717, 1.165) is 11.8 Å². The molecule has 1 aromatic rings. The summed E-state index contributed by atoms with van der Waals surface area (Å²) in [6, 6.07) is -0.628. The molecule has 2 atom stereocenters. The number of rotatable bonds is 6. The average molecular weight is 478 g/mol. The van der Waals surface area contributed by atoms with Gasteiger partial charge in [-0.2, -0.15) is 0 Å². The summed E-state index contributed by atoms with van der Waals surface area (Å²) in [5, 5.41) is 2.81. The van der Waals surface area contributed by atoms with Crippen LogP contribution in [0.4, 0.5) is 0 Å². The van der Waals surface area contributed by atoms with Crippen molar-refractivity contribution in [1.82, 2.24) is 14.7 Å². The first-order chi connectivity index (χ1) is 13.0. The summed E-state index contributed by atoms with van der Waals surface area (Å²) >= 11 is 4.27. The monoisotopic (exact) mass is 477 g/mol. The summed E-state index contributed by atoms with van der Waals surface area (Å²) in [5.41, 5.74) is -1.46. The fraction of sp³-hybridized carbons (Fsp3) is 0.647. The Morgan fingerprint density at radius 3 is 2.32 bits per heavy atom. The van der Waals surface area contributed by atoms with Crippen LogP contribution in [0.1, 0.15) is 20.8 Å². The Balaban J connectivity index is 2.29. The minimum atomic E-state index is -0.653. The Hall–Kier alpha value is -1.59. The van der Waals surface area contributed by atoms with Gasteiger partial charge in [0, 0.05) is 5.75 Å². The standard InChI is InChI=1S/C17H24BrN3O6S/c1-17(2,3)27-15(24)9-6-20-13(22)11(18)12(14(23)21(20)7-9)28-8-10(19-4)16(25)26-5/h9-10,19H,6-8H2,1-5H3/t9?,10-/m0/s1. The molecule has 1 aliphatic heterocycles. The normalized spacial score (nSPS) is 17.1. The molecule has 0 radical (unpaired) electrons. The number of methoxy groups -OCH3 is 1. The third-order valence-corrected chi connectivity index (χ3v) is 6.26. The van der Waals surface area contributed by atoms with Gasteiger partial charge in [0.1, 0.15) is 16.1 Å². The Kier molecular flexibility index (Phi) is 7.16. The number of thioether (sulfide) groups is 1. The number of carbonyl (C=O) groups excluding carboxylic acids is 2. The van der Waals surface area contributed by atoms with Crippen molar-refractivity contribution in [2.75, 3.05) is 19.9 Å². The number of aromatic nitrogens is 2. The summed E-state index contributed by atoms with van der Waals surface area (Å²) in [6.07, 6.45) is 0. The molecule has 156 valence electrons. The highest BCUT2D eigenvalue weighted by molar-refractivity contribution is 9.10. The number of fused-ring (bicyclic) bond motifs is 1. The summed E-state index contributed by atoms with van der Waals surface area (Å²) in [5.74, 6) is -1.32. The van der Waals surface area contributed by atoms with E-state index in [9.17, 15) is 19.2 Å². The van der Waals surface area contributed by atoms with Crippen LogP contribution in [0.3, 0.4) is 0 Å². The minimum absolute atomic E-state index is 0.0658. The summed E-state index contributed by atoms with van der Waals surface area (Å²) < 4.78 is 12.7. The third kappa shape index (κ3) is 4.87. The average Bonchev–Trinajstić information content (AvgIpc) is 3.07. The smallest absolute Gasteiger partial charge is 0.323 e.